The molecule has 16 heavy (non-hydrogen) atoms. The van der Waals surface area contributed by atoms with Gasteiger partial charge in [-0.3, -0.25) is 4.66 Å². The summed E-state index contributed by atoms with van der Waals surface area (Å²) in [5.41, 5.74) is 0. The second-order valence-electron chi connectivity index (χ2n) is 7.38. The maximum Gasteiger partial charge on any atom is 0.176 e. The number of hydrogen-bond donors (Lipinski definition) is 2. The van der Waals surface area contributed by atoms with Gasteiger partial charge in [-0.05, 0) is 19.6 Å². The quantitative estimate of drug-likeness (QED) is 0.472. The summed E-state index contributed by atoms with van der Waals surface area (Å²) in [6.45, 7) is 20.6. The summed E-state index contributed by atoms with van der Waals surface area (Å²) in [6, 6.07) is 0. The summed E-state index contributed by atoms with van der Waals surface area (Å²) in [5, 5.41) is 0. The molecule has 0 aliphatic rings. The molecule has 3 nitrogen and oxygen atoms in total. The van der Waals surface area contributed by atoms with Gasteiger partial charge in [-0.2, -0.15) is 0 Å². The van der Waals surface area contributed by atoms with Crippen molar-refractivity contribution in [2.75, 3.05) is 0 Å². The molecule has 0 heterocycles. The van der Waals surface area contributed by atoms with Gasteiger partial charge >= 0.3 is 0 Å². The second-order valence-corrected chi connectivity index (χ2v) is 21.4. The Morgan fingerprint density at radius 3 is 1.19 bits per heavy atom. The van der Waals surface area contributed by atoms with E-state index >= 15 is 0 Å². The Hall–Kier alpha value is -0.0794. The Bertz CT molecular complexity index is 238. The van der Waals surface area contributed by atoms with Crippen LogP contribution in [-0.4, -0.2) is 30.7 Å². The van der Waals surface area contributed by atoms with Crippen molar-refractivity contribution in [2.45, 2.75) is 58.9 Å². The summed E-state index contributed by atoms with van der Waals surface area (Å²) < 4.78 is 4.88. The van der Waals surface area contributed by atoms with Gasteiger partial charge in [-0.15, -0.1) is 0 Å². The molecule has 0 fully saturated rings. The van der Waals surface area contributed by atoms with Crippen LogP contribution in [0.15, 0.2) is 4.66 Å². The first kappa shape index (κ1) is 15.9. The lowest BCUT2D eigenvalue weighted by atomic mass is 11.1. The lowest BCUT2D eigenvalue weighted by Crippen LogP contribution is -2.58. The Morgan fingerprint density at radius 2 is 1.00 bits per heavy atom. The largest absolute Gasteiger partial charge is 0.384 e. The summed E-state index contributed by atoms with van der Waals surface area (Å²) in [5.74, 6) is 1.05. The fraction of sp³-hybridized carbons (Fsp3) is 0.900. The topological polar surface area (TPSA) is 36.4 Å². The van der Waals surface area contributed by atoms with Crippen LogP contribution in [0, 0.1) is 0 Å². The van der Waals surface area contributed by atoms with Gasteiger partial charge < -0.3 is 9.96 Å². The minimum atomic E-state index is -1.41. The SMILES string of the molecule is C[Si](C)(C)N=C(N[Si](C)(C)C)N[Si](C)(C)C. The van der Waals surface area contributed by atoms with Crippen LogP contribution in [0.1, 0.15) is 0 Å². The standard InChI is InChI=1S/C10H29N3Si3/c1-14(2,3)11-10(12-15(4,5)6)13-16(7,8)9/h1-9H3,(H2,11,12,13). The molecule has 0 rings (SSSR count). The van der Waals surface area contributed by atoms with E-state index in [1.165, 1.54) is 0 Å². The van der Waals surface area contributed by atoms with Crippen molar-refractivity contribution in [3.63, 3.8) is 0 Å². The van der Waals surface area contributed by atoms with Gasteiger partial charge in [0, 0.05) is 0 Å². The van der Waals surface area contributed by atoms with Crippen molar-refractivity contribution in [3.05, 3.63) is 0 Å². The van der Waals surface area contributed by atoms with Crippen LogP contribution in [0.25, 0.3) is 0 Å². The summed E-state index contributed by atoms with van der Waals surface area (Å²) >= 11 is 0. The number of hydrogen-bond acceptors (Lipinski definition) is 1. The van der Waals surface area contributed by atoms with E-state index in [0.717, 1.165) is 5.96 Å². The number of guanidine groups is 1. The molecular weight excluding hydrogens is 246 g/mol. The highest BCUT2D eigenvalue weighted by Crippen LogP contribution is 2.04. The van der Waals surface area contributed by atoms with Crippen LogP contribution in [0.5, 0.6) is 0 Å². The Morgan fingerprint density at radius 1 is 0.688 bits per heavy atom. The lowest BCUT2D eigenvalue weighted by molar-refractivity contribution is 1.18. The monoisotopic (exact) mass is 275 g/mol. The lowest BCUT2D eigenvalue weighted by Gasteiger charge is -2.29. The summed E-state index contributed by atoms with van der Waals surface area (Å²) in [7, 11) is -4.05. The predicted octanol–water partition coefficient (Wildman–Crippen LogP) is 3.03. The minimum absolute atomic E-state index is 1.05. The first-order valence-electron chi connectivity index (χ1n) is 5.95. The third kappa shape index (κ3) is 10.4. The highest BCUT2D eigenvalue weighted by Gasteiger charge is 2.22. The molecule has 0 spiro atoms. The molecule has 0 saturated heterocycles. The maximum atomic E-state index is 4.88. The van der Waals surface area contributed by atoms with Gasteiger partial charge in [0.2, 0.25) is 0 Å². The number of nitrogens with zero attached hydrogens (tertiary/aromatic N) is 1. The third-order valence-electron chi connectivity index (χ3n) is 1.43. The molecule has 2 N–H and O–H groups in total. The van der Waals surface area contributed by atoms with Crippen LogP contribution in [-0.2, 0) is 0 Å². The van der Waals surface area contributed by atoms with Crippen LogP contribution in [0.4, 0.5) is 0 Å². The van der Waals surface area contributed by atoms with E-state index in [2.05, 4.69) is 68.9 Å². The van der Waals surface area contributed by atoms with E-state index in [9.17, 15) is 0 Å². The van der Waals surface area contributed by atoms with Gasteiger partial charge in [0.25, 0.3) is 0 Å². The van der Waals surface area contributed by atoms with E-state index in [-0.39, 0.29) is 0 Å². The normalized spacial score (nSPS) is 13.3. The average Bonchev–Trinajstić information content (AvgIpc) is 1.70. The van der Waals surface area contributed by atoms with Crippen molar-refractivity contribution in [3.8, 4) is 0 Å². The van der Waals surface area contributed by atoms with E-state index in [4.69, 9.17) is 4.66 Å². The van der Waals surface area contributed by atoms with Crippen LogP contribution >= 0.6 is 0 Å². The summed E-state index contributed by atoms with van der Waals surface area (Å²) in [6.07, 6.45) is 0. The van der Waals surface area contributed by atoms with Crippen molar-refractivity contribution in [1.29, 1.82) is 0 Å². The Balaban J connectivity index is 4.87. The molecule has 0 atom stereocenters. The number of nitrogens with one attached hydrogen (secondary N) is 2. The number of rotatable bonds is 3. The highest BCUT2D eigenvalue weighted by atomic mass is 28.3. The third-order valence-corrected chi connectivity index (χ3v) is 4.30. The molecule has 0 aromatic rings. The molecule has 0 radical (unpaired) electrons. The summed E-state index contributed by atoms with van der Waals surface area (Å²) in [4.78, 5) is 7.23. The zero-order valence-electron chi connectivity index (χ0n) is 12.4. The molecule has 0 unspecified atom stereocenters. The van der Waals surface area contributed by atoms with Crippen molar-refractivity contribution in [2.24, 2.45) is 4.66 Å². The Labute approximate surface area is 104 Å². The molecule has 96 valence electrons. The van der Waals surface area contributed by atoms with Crippen LogP contribution in [0.2, 0.25) is 58.9 Å². The maximum absolute atomic E-state index is 4.88. The predicted molar refractivity (Wildman–Crippen MR) is 83.7 cm³/mol. The minimum Gasteiger partial charge on any atom is -0.384 e. The molecular formula is C10H29N3Si3. The zero-order chi connectivity index (χ0) is 13.2. The van der Waals surface area contributed by atoms with E-state index in [1.54, 1.807) is 0 Å². The van der Waals surface area contributed by atoms with Gasteiger partial charge in [0.15, 0.2) is 14.2 Å². The van der Waals surface area contributed by atoms with Crippen molar-refractivity contribution >= 4 is 30.7 Å². The molecule has 0 aromatic carbocycles. The van der Waals surface area contributed by atoms with Crippen molar-refractivity contribution in [1.82, 2.24) is 9.96 Å². The van der Waals surface area contributed by atoms with Crippen molar-refractivity contribution < 1.29 is 0 Å². The molecule has 0 aliphatic heterocycles. The second kappa shape index (κ2) is 5.05. The zero-order valence-corrected chi connectivity index (χ0v) is 15.4. The fourth-order valence-electron chi connectivity index (χ4n) is 1.13. The Kier molecular flexibility index (Phi) is 5.03. The van der Waals surface area contributed by atoms with Gasteiger partial charge in [-0.1, -0.05) is 39.3 Å². The smallest absolute Gasteiger partial charge is 0.176 e. The fourth-order valence-corrected chi connectivity index (χ4v) is 3.92. The van der Waals surface area contributed by atoms with Gasteiger partial charge in [0.1, 0.15) is 16.5 Å². The first-order chi connectivity index (χ1) is 6.79. The molecule has 0 aromatic heterocycles. The molecule has 0 bridgehead atoms. The van der Waals surface area contributed by atoms with Gasteiger partial charge in [-0.25, -0.2) is 0 Å². The molecule has 0 amide bonds. The average molecular weight is 276 g/mol. The van der Waals surface area contributed by atoms with E-state index in [0.29, 0.717) is 0 Å². The molecule has 6 heteroatoms. The van der Waals surface area contributed by atoms with E-state index < -0.39 is 24.7 Å². The van der Waals surface area contributed by atoms with Gasteiger partial charge in [0.05, 0.1) is 0 Å². The molecule has 0 aliphatic carbocycles. The highest BCUT2D eigenvalue weighted by molar-refractivity contribution is 6.81. The van der Waals surface area contributed by atoms with E-state index in [1.807, 2.05) is 0 Å². The van der Waals surface area contributed by atoms with Crippen LogP contribution < -0.4 is 9.96 Å². The molecule has 0 saturated carbocycles. The van der Waals surface area contributed by atoms with Crippen LogP contribution in [0.3, 0.4) is 0 Å². The first-order valence-corrected chi connectivity index (χ1v) is 16.4.